The predicted molar refractivity (Wildman–Crippen MR) is 67.9 cm³/mol. The van der Waals surface area contributed by atoms with E-state index in [1.807, 2.05) is 6.92 Å². The molecule has 0 fully saturated rings. The van der Waals surface area contributed by atoms with Crippen molar-refractivity contribution in [3.8, 4) is 0 Å². The summed E-state index contributed by atoms with van der Waals surface area (Å²) < 4.78 is 0. The zero-order chi connectivity index (χ0) is 15.7. The number of nitrogens with two attached hydrogens (primary N) is 1. The lowest BCUT2D eigenvalue weighted by Gasteiger charge is -2.23. The van der Waals surface area contributed by atoms with Gasteiger partial charge in [0.15, 0.2) is 0 Å². The van der Waals surface area contributed by atoms with Crippen LogP contribution in [0.5, 0.6) is 0 Å². The molecule has 0 aliphatic carbocycles. The Morgan fingerprint density at radius 1 is 1.25 bits per heavy atom. The first-order chi connectivity index (χ1) is 9.27. The molecule has 0 rings (SSSR count). The number of nitrogens with one attached hydrogen (secondary N) is 1. The molecule has 0 bridgehead atoms. The highest BCUT2D eigenvalue weighted by Gasteiger charge is 2.25. The van der Waals surface area contributed by atoms with E-state index in [9.17, 15) is 19.2 Å². The summed E-state index contributed by atoms with van der Waals surface area (Å²) in [7, 11) is 0. The molecule has 0 saturated carbocycles. The molecule has 5 N–H and O–H groups in total. The molecule has 9 nitrogen and oxygen atoms in total. The van der Waals surface area contributed by atoms with Crippen LogP contribution in [0, 0.1) is 0 Å². The fraction of sp³-hybridized carbons (Fsp3) is 0.636. The van der Waals surface area contributed by atoms with Gasteiger partial charge < -0.3 is 26.2 Å². The molecule has 0 saturated heterocycles. The molecule has 0 heterocycles. The maximum absolute atomic E-state index is 11.8. The first-order valence-electron chi connectivity index (χ1n) is 6.06. The summed E-state index contributed by atoms with van der Waals surface area (Å²) in [5.41, 5.74) is 5.00. The average molecular weight is 289 g/mol. The maximum atomic E-state index is 11.8. The van der Waals surface area contributed by atoms with Crippen molar-refractivity contribution in [1.82, 2.24) is 10.2 Å². The monoisotopic (exact) mass is 289 g/mol. The molecule has 0 aliphatic rings. The van der Waals surface area contributed by atoms with Crippen LogP contribution in [0.25, 0.3) is 0 Å². The van der Waals surface area contributed by atoms with Gasteiger partial charge in [0.2, 0.25) is 5.91 Å². The van der Waals surface area contributed by atoms with Crippen LogP contribution in [0.1, 0.15) is 26.2 Å². The third-order valence-electron chi connectivity index (χ3n) is 2.39. The first kappa shape index (κ1) is 17.7. The molecule has 0 aromatic heterocycles. The molecule has 9 heteroatoms. The minimum absolute atomic E-state index is 0.227. The number of carboxylic acids is 2. The van der Waals surface area contributed by atoms with E-state index in [-0.39, 0.29) is 13.1 Å². The minimum Gasteiger partial charge on any atom is -0.481 e. The molecule has 0 aromatic rings. The number of amides is 3. The predicted octanol–water partition coefficient (Wildman–Crippen LogP) is -0.789. The molecule has 0 unspecified atom stereocenters. The van der Waals surface area contributed by atoms with E-state index >= 15 is 0 Å². The van der Waals surface area contributed by atoms with Gasteiger partial charge in [-0.15, -0.1) is 0 Å². The fourth-order valence-electron chi connectivity index (χ4n) is 1.40. The van der Waals surface area contributed by atoms with Crippen molar-refractivity contribution < 1.29 is 29.4 Å². The zero-order valence-electron chi connectivity index (χ0n) is 11.2. The number of nitrogens with zero attached hydrogens (tertiary/aromatic N) is 1. The number of hydrogen-bond acceptors (Lipinski definition) is 4. The van der Waals surface area contributed by atoms with Gasteiger partial charge in [0.05, 0.1) is 6.42 Å². The Labute approximate surface area is 115 Å². The van der Waals surface area contributed by atoms with Crippen molar-refractivity contribution in [3.05, 3.63) is 0 Å². The normalized spacial score (nSPS) is 11.4. The van der Waals surface area contributed by atoms with Gasteiger partial charge in [-0.05, 0) is 6.42 Å². The Morgan fingerprint density at radius 2 is 1.85 bits per heavy atom. The highest BCUT2D eigenvalue weighted by molar-refractivity contribution is 5.88. The van der Waals surface area contributed by atoms with E-state index < -0.39 is 36.3 Å². The third-order valence-corrected chi connectivity index (χ3v) is 2.39. The molecule has 0 radical (unpaired) electrons. The Morgan fingerprint density at radius 3 is 2.25 bits per heavy atom. The van der Waals surface area contributed by atoms with Crippen LogP contribution in [0.2, 0.25) is 0 Å². The standard InChI is InChI=1S/C11H19N3O6/c1-2-3-4-14(6-8(12)15)11(20)13-7(10(18)19)5-9(16)17/h7H,2-6H2,1H3,(H2,12,15)(H,13,20)(H,16,17)(H,18,19)/t7-/m1/s1. The number of unbranched alkanes of at least 4 members (excludes halogenated alkanes) is 1. The number of rotatable bonds is 9. The second-order valence-electron chi connectivity index (χ2n) is 4.18. The molecule has 3 amide bonds. The highest BCUT2D eigenvalue weighted by Crippen LogP contribution is 1.99. The zero-order valence-corrected chi connectivity index (χ0v) is 11.2. The molecular formula is C11H19N3O6. The number of carbonyl (C=O) groups is 4. The van der Waals surface area contributed by atoms with Crippen molar-refractivity contribution in [1.29, 1.82) is 0 Å². The number of carboxylic acid groups (broad SMARTS) is 2. The van der Waals surface area contributed by atoms with Gasteiger partial charge in [-0.2, -0.15) is 0 Å². The SMILES string of the molecule is CCCCN(CC(N)=O)C(=O)N[C@H](CC(=O)O)C(=O)O. The molecule has 0 aromatic carbocycles. The van der Waals surface area contributed by atoms with Crippen LogP contribution in [-0.2, 0) is 14.4 Å². The van der Waals surface area contributed by atoms with Crippen LogP contribution in [0.3, 0.4) is 0 Å². The third kappa shape index (κ3) is 7.19. The molecule has 0 spiro atoms. The summed E-state index contributed by atoms with van der Waals surface area (Å²) in [6.45, 7) is 1.75. The van der Waals surface area contributed by atoms with E-state index in [1.165, 1.54) is 0 Å². The lowest BCUT2D eigenvalue weighted by atomic mass is 10.2. The second-order valence-corrected chi connectivity index (χ2v) is 4.18. The quantitative estimate of drug-likeness (QED) is 0.437. The van der Waals surface area contributed by atoms with Crippen molar-refractivity contribution >= 4 is 23.9 Å². The van der Waals surface area contributed by atoms with Crippen LogP contribution >= 0.6 is 0 Å². The van der Waals surface area contributed by atoms with Gasteiger partial charge in [-0.3, -0.25) is 9.59 Å². The maximum Gasteiger partial charge on any atom is 0.326 e. The number of primary amides is 1. The van der Waals surface area contributed by atoms with Crippen molar-refractivity contribution in [3.63, 3.8) is 0 Å². The number of urea groups is 1. The van der Waals surface area contributed by atoms with Gasteiger partial charge in [-0.25, -0.2) is 9.59 Å². The Kier molecular flexibility index (Phi) is 7.71. The second kappa shape index (κ2) is 8.73. The lowest BCUT2D eigenvalue weighted by molar-refractivity contribution is -0.145. The average Bonchev–Trinajstić information content (AvgIpc) is 2.32. The summed E-state index contributed by atoms with van der Waals surface area (Å²) in [4.78, 5) is 45.1. The van der Waals surface area contributed by atoms with Crippen LogP contribution < -0.4 is 11.1 Å². The van der Waals surface area contributed by atoms with Crippen molar-refractivity contribution in [2.75, 3.05) is 13.1 Å². The lowest BCUT2D eigenvalue weighted by Crippen LogP contribution is -2.51. The van der Waals surface area contributed by atoms with Gasteiger partial charge in [0.1, 0.15) is 12.6 Å². The van der Waals surface area contributed by atoms with Gasteiger partial charge in [-0.1, -0.05) is 13.3 Å². The Balaban J connectivity index is 4.72. The summed E-state index contributed by atoms with van der Waals surface area (Å²) in [5.74, 6) is -3.55. The molecule has 114 valence electrons. The van der Waals surface area contributed by atoms with Crippen LogP contribution in [0.15, 0.2) is 0 Å². The molecular weight excluding hydrogens is 270 g/mol. The minimum atomic E-state index is -1.56. The van der Waals surface area contributed by atoms with Gasteiger partial charge >= 0.3 is 18.0 Å². The van der Waals surface area contributed by atoms with Crippen LogP contribution in [-0.4, -0.2) is 58.1 Å². The largest absolute Gasteiger partial charge is 0.481 e. The highest BCUT2D eigenvalue weighted by atomic mass is 16.4. The topological polar surface area (TPSA) is 150 Å². The summed E-state index contributed by atoms with van der Waals surface area (Å²) in [6, 6.07) is -2.39. The number of aliphatic carboxylic acids is 2. The van der Waals surface area contributed by atoms with E-state index in [1.54, 1.807) is 0 Å². The van der Waals surface area contributed by atoms with Gasteiger partial charge in [0, 0.05) is 6.54 Å². The first-order valence-corrected chi connectivity index (χ1v) is 6.06. The number of carbonyl (C=O) groups excluding carboxylic acids is 2. The van der Waals surface area contributed by atoms with Crippen molar-refractivity contribution in [2.45, 2.75) is 32.2 Å². The summed E-state index contributed by atoms with van der Waals surface area (Å²) >= 11 is 0. The summed E-state index contributed by atoms with van der Waals surface area (Å²) in [5, 5.41) is 19.5. The van der Waals surface area contributed by atoms with Crippen molar-refractivity contribution in [2.24, 2.45) is 5.73 Å². The number of hydrogen-bond donors (Lipinski definition) is 4. The molecule has 1 atom stereocenters. The van der Waals surface area contributed by atoms with E-state index in [4.69, 9.17) is 15.9 Å². The molecule has 20 heavy (non-hydrogen) atoms. The smallest absolute Gasteiger partial charge is 0.326 e. The van der Waals surface area contributed by atoms with E-state index in [2.05, 4.69) is 5.32 Å². The Bertz CT molecular complexity index is 384. The van der Waals surface area contributed by atoms with Crippen LogP contribution in [0.4, 0.5) is 4.79 Å². The molecule has 0 aliphatic heterocycles. The fourth-order valence-corrected chi connectivity index (χ4v) is 1.40. The van der Waals surface area contributed by atoms with Gasteiger partial charge in [0.25, 0.3) is 0 Å². The Hall–Kier alpha value is -2.32. The van der Waals surface area contributed by atoms with E-state index in [0.29, 0.717) is 6.42 Å². The summed E-state index contributed by atoms with van der Waals surface area (Å²) in [6.07, 6.45) is 0.622. The van der Waals surface area contributed by atoms with E-state index in [0.717, 1.165) is 11.3 Å².